The van der Waals surface area contributed by atoms with Crippen molar-refractivity contribution in [3.05, 3.63) is 34.9 Å². The Bertz CT molecular complexity index is 523. The molecule has 1 aliphatic heterocycles. The topological polar surface area (TPSA) is 20.3 Å². The van der Waals surface area contributed by atoms with E-state index in [0.29, 0.717) is 12.0 Å². The molecule has 0 bridgehead atoms. The van der Waals surface area contributed by atoms with Gasteiger partial charge in [0.25, 0.3) is 0 Å². The molecule has 1 aromatic rings. The van der Waals surface area contributed by atoms with Crippen molar-refractivity contribution in [1.82, 2.24) is 4.90 Å². The number of carbonyl (C=O) groups excluding carboxylic acids is 1. The van der Waals surface area contributed by atoms with Crippen LogP contribution in [0, 0.1) is 18.6 Å². The van der Waals surface area contributed by atoms with Gasteiger partial charge in [-0.3, -0.25) is 9.69 Å². The second-order valence-corrected chi connectivity index (χ2v) is 5.70. The molecule has 20 heavy (non-hydrogen) atoms. The van der Waals surface area contributed by atoms with Gasteiger partial charge < -0.3 is 0 Å². The Balaban J connectivity index is 2.46. The minimum atomic E-state index is -0.827. The predicted octanol–water partition coefficient (Wildman–Crippen LogP) is 3.72. The fraction of sp³-hybridized carbons (Fsp3) is 0.562. The summed E-state index contributed by atoms with van der Waals surface area (Å²) < 4.78 is 28.1. The monoisotopic (exact) mass is 281 g/mol. The summed E-state index contributed by atoms with van der Waals surface area (Å²) in [7, 11) is 0. The quantitative estimate of drug-likeness (QED) is 0.784. The van der Waals surface area contributed by atoms with Crippen LogP contribution in [0.5, 0.6) is 0 Å². The molecular weight excluding hydrogens is 260 g/mol. The highest BCUT2D eigenvalue weighted by Crippen LogP contribution is 2.30. The standard InChI is InChI=1S/C16H21F2NO/c1-4-16(3,19-9-5-6-10-19)15(20)13-12(17)8-7-11(2)14(13)18/h7-8H,4-6,9-10H2,1-3H3. The third-order valence-corrected chi connectivity index (χ3v) is 4.49. The molecule has 4 heteroatoms. The number of halogens is 2. The first-order valence-corrected chi connectivity index (χ1v) is 7.16. The van der Waals surface area contributed by atoms with Gasteiger partial charge >= 0.3 is 0 Å². The Hall–Kier alpha value is -1.29. The summed E-state index contributed by atoms with van der Waals surface area (Å²) in [5.41, 5.74) is -0.915. The van der Waals surface area contributed by atoms with Crippen LogP contribution in [0.25, 0.3) is 0 Å². The first-order chi connectivity index (χ1) is 9.41. The molecule has 0 radical (unpaired) electrons. The van der Waals surface area contributed by atoms with Gasteiger partial charge in [0, 0.05) is 0 Å². The average molecular weight is 281 g/mol. The fourth-order valence-corrected chi connectivity index (χ4v) is 2.87. The summed E-state index contributed by atoms with van der Waals surface area (Å²) in [5, 5.41) is 0. The number of Topliss-reactive ketones (excluding diaryl/α,β-unsaturated/α-hetero) is 1. The van der Waals surface area contributed by atoms with E-state index in [4.69, 9.17) is 0 Å². The van der Waals surface area contributed by atoms with E-state index in [1.165, 1.54) is 12.1 Å². The molecule has 1 atom stereocenters. The van der Waals surface area contributed by atoms with Crippen LogP contribution in [-0.2, 0) is 0 Å². The zero-order valence-electron chi connectivity index (χ0n) is 12.3. The Morgan fingerprint density at radius 3 is 2.45 bits per heavy atom. The Kier molecular flexibility index (Phi) is 4.23. The normalized spacial score (nSPS) is 19.1. The van der Waals surface area contributed by atoms with Crippen LogP contribution < -0.4 is 0 Å². The Labute approximate surface area is 118 Å². The molecule has 2 nitrogen and oxygen atoms in total. The van der Waals surface area contributed by atoms with Crippen LogP contribution in [-0.4, -0.2) is 29.3 Å². The first kappa shape index (κ1) is 15.1. The molecule has 1 unspecified atom stereocenters. The van der Waals surface area contributed by atoms with E-state index in [0.717, 1.165) is 25.9 Å². The highest BCUT2D eigenvalue weighted by atomic mass is 19.1. The molecule has 1 saturated heterocycles. The summed E-state index contributed by atoms with van der Waals surface area (Å²) in [6.07, 6.45) is 2.60. The number of hydrogen-bond donors (Lipinski definition) is 0. The summed E-state index contributed by atoms with van der Waals surface area (Å²) in [6, 6.07) is 2.53. The van der Waals surface area contributed by atoms with E-state index in [1.807, 2.05) is 6.92 Å². The summed E-state index contributed by atoms with van der Waals surface area (Å²) in [4.78, 5) is 14.8. The molecular formula is C16H21F2NO. The number of nitrogens with zero attached hydrogens (tertiary/aromatic N) is 1. The van der Waals surface area contributed by atoms with Gasteiger partial charge in [0.15, 0.2) is 5.78 Å². The average Bonchev–Trinajstić information content (AvgIpc) is 2.97. The van der Waals surface area contributed by atoms with Gasteiger partial charge in [-0.1, -0.05) is 13.0 Å². The molecule has 1 aliphatic rings. The molecule has 1 aromatic carbocycles. The minimum absolute atomic E-state index is 0.301. The van der Waals surface area contributed by atoms with Crippen LogP contribution in [0.15, 0.2) is 12.1 Å². The lowest BCUT2D eigenvalue weighted by molar-refractivity contribution is 0.0638. The summed E-state index contributed by atoms with van der Waals surface area (Å²) in [5.74, 6) is -1.94. The van der Waals surface area contributed by atoms with E-state index in [9.17, 15) is 13.6 Å². The van der Waals surface area contributed by atoms with Gasteiger partial charge in [-0.25, -0.2) is 8.78 Å². The van der Waals surface area contributed by atoms with Crippen LogP contribution in [0.3, 0.4) is 0 Å². The molecule has 0 spiro atoms. The number of ketones is 1. The van der Waals surface area contributed by atoms with Gasteiger partial charge in [0.05, 0.1) is 11.1 Å². The molecule has 1 fully saturated rings. The number of likely N-dealkylation sites (tertiary alicyclic amines) is 1. The number of benzene rings is 1. The molecule has 1 heterocycles. The molecule has 110 valence electrons. The smallest absolute Gasteiger partial charge is 0.188 e. The van der Waals surface area contributed by atoms with Crippen LogP contribution in [0.4, 0.5) is 8.78 Å². The van der Waals surface area contributed by atoms with Crippen LogP contribution in [0.1, 0.15) is 49.0 Å². The van der Waals surface area contributed by atoms with E-state index in [-0.39, 0.29) is 5.56 Å². The molecule has 0 saturated carbocycles. The van der Waals surface area contributed by atoms with Crippen molar-refractivity contribution in [2.24, 2.45) is 0 Å². The van der Waals surface area contributed by atoms with Crippen LogP contribution >= 0.6 is 0 Å². The highest BCUT2D eigenvalue weighted by molar-refractivity contribution is 6.03. The van der Waals surface area contributed by atoms with Crippen molar-refractivity contribution < 1.29 is 13.6 Å². The van der Waals surface area contributed by atoms with E-state index >= 15 is 0 Å². The third kappa shape index (κ3) is 2.37. The lowest BCUT2D eigenvalue weighted by atomic mass is 9.86. The number of carbonyl (C=O) groups is 1. The van der Waals surface area contributed by atoms with E-state index in [1.54, 1.807) is 13.8 Å². The Morgan fingerprint density at radius 2 is 1.90 bits per heavy atom. The lowest BCUT2D eigenvalue weighted by Gasteiger charge is -2.36. The maximum Gasteiger partial charge on any atom is 0.188 e. The van der Waals surface area contributed by atoms with E-state index in [2.05, 4.69) is 4.90 Å². The fourth-order valence-electron chi connectivity index (χ4n) is 2.87. The third-order valence-electron chi connectivity index (χ3n) is 4.49. The van der Waals surface area contributed by atoms with E-state index < -0.39 is 23.0 Å². The van der Waals surface area contributed by atoms with Crippen molar-refractivity contribution in [2.45, 2.75) is 45.6 Å². The van der Waals surface area contributed by atoms with Gasteiger partial charge in [0.2, 0.25) is 0 Å². The summed E-state index contributed by atoms with van der Waals surface area (Å²) >= 11 is 0. The molecule has 0 N–H and O–H groups in total. The highest BCUT2D eigenvalue weighted by Gasteiger charge is 2.41. The maximum atomic E-state index is 14.2. The van der Waals surface area contributed by atoms with Gasteiger partial charge in [-0.05, 0) is 57.8 Å². The number of hydrogen-bond acceptors (Lipinski definition) is 2. The molecule has 0 amide bonds. The van der Waals surface area contributed by atoms with Crippen molar-refractivity contribution >= 4 is 5.78 Å². The SMILES string of the molecule is CCC(C)(C(=O)c1c(F)ccc(C)c1F)N1CCCC1. The van der Waals surface area contributed by atoms with Crippen LogP contribution in [0.2, 0.25) is 0 Å². The largest absolute Gasteiger partial charge is 0.292 e. The first-order valence-electron chi connectivity index (χ1n) is 7.16. The number of rotatable bonds is 4. The van der Waals surface area contributed by atoms with Gasteiger partial charge in [0.1, 0.15) is 11.6 Å². The Morgan fingerprint density at radius 1 is 1.30 bits per heavy atom. The minimum Gasteiger partial charge on any atom is -0.292 e. The maximum absolute atomic E-state index is 14.2. The van der Waals surface area contributed by atoms with Crippen molar-refractivity contribution in [1.29, 1.82) is 0 Å². The molecule has 0 aliphatic carbocycles. The second kappa shape index (κ2) is 5.60. The zero-order chi connectivity index (χ0) is 14.9. The van der Waals surface area contributed by atoms with Crippen molar-refractivity contribution in [3.63, 3.8) is 0 Å². The zero-order valence-corrected chi connectivity index (χ0v) is 12.3. The van der Waals surface area contributed by atoms with Crippen molar-refractivity contribution in [3.8, 4) is 0 Å². The summed E-state index contributed by atoms with van der Waals surface area (Å²) in [6.45, 7) is 6.85. The van der Waals surface area contributed by atoms with Crippen molar-refractivity contribution in [2.75, 3.05) is 13.1 Å². The predicted molar refractivity (Wildman–Crippen MR) is 74.9 cm³/mol. The second-order valence-electron chi connectivity index (χ2n) is 5.70. The lowest BCUT2D eigenvalue weighted by Crippen LogP contribution is -2.51. The van der Waals surface area contributed by atoms with Gasteiger partial charge in [-0.15, -0.1) is 0 Å². The number of aryl methyl sites for hydroxylation is 1. The molecule has 2 rings (SSSR count). The van der Waals surface area contributed by atoms with Gasteiger partial charge in [-0.2, -0.15) is 0 Å². The molecule has 0 aromatic heterocycles.